The van der Waals surface area contributed by atoms with E-state index in [2.05, 4.69) is 26.0 Å². The normalized spacial score (nSPS) is 17.7. The standard InChI is InChI=1S/C10H16N6O3/c1-16-14-8(13-15-16)11-9(19)12-10(7(17)18)5-3-2-4-6-10/h2-6H2,1H3,(H,17,18)(H2,11,12,14,19). The molecule has 0 radical (unpaired) electrons. The zero-order valence-electron chi connectivity index (χ0n) is 10.6. The number of aryl methyl sites for hydroxylation is 1. The molecular formula is C10H16N6O3. The monoisotopic (exact) mass is 268 g/mol. The van der Waals surface area contributed by atoms with Crippen molar-refractivity contribution in [3.05, 3.63) is 0 Å². The van der Waals surface area contributed by atoms with E-state index in [1.165, 1.54) is 4.80 Å². The molecule has 2 amide bonds. The number of carboxylic acids is 1. The van der Waals surface area contributed by atoms with Gasteiger partial charge in [-0.25, -0.2) is 9.59 Å². The summed E-state index contributed by atoms with van der Waals surface area (Å²) in [5.41, 5.74) is -1.19. The molecule has 0 unspecified atom stereocenters. The number of hydrogen-bond acceptors (Lipinski definition) is 5. The van der Waals surface area contributed by atoms with Gasteiger partial charge in [-0.1, -0.05) is 24.4 Å². The number of rotatable bonds is 3. The number of anilines is 1. The fraction of sp³-hybridized carbons (Fsp3) is 0.700. The lowest BCUT2D eigenvalue weighted by atomic mass is 9.82. The minimum atomic E-state index is -1.19. The lowest BCUT2D eigenvalue weighted by Gasteiger charge is -2.33. The Labute approximate surface area is 109 Å². The van der Waals surface area contributed by atoms with Crippen molar-refractivity contribution in [1.82, 2.24) is 25.5 Å². The Morgan fingerprint density at radius 2 is 2.00 bits per heavy atom. The van der Waals surface area contributed by atoms with E-state index >= 15 is 0 Å². The molecule has 1 saturated carbocycles. The number of carbonyl (C=O) groups excluding carboxylic acids is 1. The molecule has 1 fully saturated rings. The number of nitrogens with one attached hydrogen (secondary N) is 2. The van der Waals surface area contributed by atoms with Crippen molar-refractivity contribution in [2.75, 3.05) is 5.32 Å². The highest BCUT2D eigenvalue weighted by Gasteiger charge is 2.41. The topological polar surface area (TPSA) is 122 Å². The van der Waals surface area contributed by atoms with Crippen molar-refractivity contribution < 1.29 is 14.7 Å². The Balaban J connectivity index is 2.01. The van der Waals surface area contributed by atoms with Crippen LogP contribution in [0.3, 0.4) is 0 Å². The SMILES string of the molecule is Cn1nnc(NC(=O)NC2(C(=O)O)CCCCC2)n1. The summed E-state index contributed by atoms with van der Waals surface area (Å²) in [4.78, 5) is 24.4. The first-order valence-electron chi connectivity index (χ1n) is 6.08. The Bertz CT molecular complexity index is 479. The minimum absolute atomic E-state index is 0.0383. The number of urea groups is 1. The van der Waals surface area contributed by atoms with Crippen LogP contribution in [0.4, 0.5) is 10.7 Å². The molecule has 9 nitrogen and oxygen atoms in total. The number of tetrazole rings is 1. The third-order valence-corrected chi connectivity index (χ3v) is 3.20. The van der Waals surface area contributed by atoms with Gasteiger partial charge in [-0.05, 0) is 18.1 Å². The van der Waals surface area contributed by atoms with Crippen molar-refractivity contribution in [1.29, 1.82) is 0 Å². The molecule has 1 aromatic rings. The molecule has 0 aliphatic heterocycles. The second-order valence-electron chi connectivity index (χ2n) is 4.63. The minimum Gasteiger partial charge on any atom is -0.480 e. The highest BCUT2D eigenvalue weighted by atomic mass is 16.4. The van der Waals surface area contributed by atoms with Gasteiger partial charge in [0.2, 0.25) is 0 Å². The van der Waals surface area contributed by atoms with Gasteiger partial charge in [0.25, 0.3) is 5.95 Å². The maximum atomic E-state index is 11.8. The van der Waals surface area contributed by atoms with Crippen molar-refractivity contribution in [2.24, 2.45) is 7.05 Å². The lowest BCUT2D eigenvalue weighted by molar-refractivity contribution is -0.145. The van der Waals surface area contributed by atoms with Crippen molar-refractivity contribution in [3.63, 3.8) is 0 Å². The van der Waals surface area contributed by atoms with E-state index in [0.717, 1.165) is 19.3 Å². The number of aromatic nitrogens is 4. The van der Waals surface area contributed by atoms with Crippen LogP contribution in [-0.4, -0.2) is 42.9 Å². The van der Waals surface area contributed by atoms with Crippen LogP contribution in [0, 0.1) is 0 Å². The highest BCUT2D eigenvalue weighted by molar-refractivity contribution is 5.92. The molecule has 19 heavy (non-hydrogen) atoms. The zero-order chi connectivity index (χ0) is 13.9. The summed E-state index contributed by atoms with van der Waals surface area (Å²) in [6.07, 6.45) is 3.43. The van der Waals surface area contributed by atoms with Crippen molar-refractivity contribution in [3.8, 4) is 0 Å². The van der Waals surface area contributed by atoms with E-state index in [9.17, 15) is 14.7 Å². The third-order valence-electron chi connectivity index (χ3n) is 3.20. The zero-order valence-corrected chi connectivity index (χ0v) is 10.6. The first-order chi connectivity index (χ1) is 9.02. The smallest absolute Gasteiger partial charge is 0.329 e. The quantitative estimate of drug-likeness (QED) is 0.715. The summed E-state index contributed by atoms with van der Waals surface area (Å²) in [5, 5.41) is 25.2. The van der Waals surface area contributed by atoms with Crippen LogP contribution in [0.2, 0.25) is 0 Å². The summed E-state index contributed by atoms with van der Waals surface area (Å²) in [5.74, 6) is -0.967. The van der Waals surface area contributed by atoms with Crippen molar-refractivity contribution in [2.45, 2.75) is 37.6 Å². The third kappa shape index (κ3) is 2.98. The van der Waals surface area contributed by atoms with Gasteiger partial charge in [-0.2, -0.15) is 4.80 Å². The summed E-state index contributed by atoms with van der Waals surface area (Å²) < 4.78 is 0. The van der Waals surface area contributed by atoms with Gasteiger partial charge in [0.1, 0.15) is 5.54 Å². The number of carbonyl (C=O) groups is 2. The summed E-state index contributed by atoms with van der Waals surface area (Å²) in [6.45, 7) is 0. The molecular weight excluding hydrogens is 252 g/mol. The predicted molar refractivity (Wildman–Crippen MR) is 64.4 cm³/mol. The predicted octanol–water partition coefficient (Wildman–Crippen LogP) is 0.119. The van der Waals surface area contributed by atoms with Crippen LogP contribution in [0.25, 0.3) is 0 Å². The largest absolute Gasteiger partial charge is 0.480 e. The Hall–Kier alpha value is -2.19. The molecule has 0 aromatic carbocycles. The Kier molecular flexibility index (Phi) is 3.63. The van der Waals surface area contributed by atoms with E-state index in [-0.39, 0.29) is 5.95 Å². The fourth-order valence-corrected chi connectivity index (χ4v) is 2.23. The molecule has 0 saturated heterocycles. The summed E-state index contributed by atoms with van der Waals surface area (Å²) in [6, 6.07) is -0.627. The molecule has 1 aliphatic rings. The van der Waals surface area contributed by atoms with Gasteiger partial charge in [-0.3, -0.25) is 5.32 Å². The van der Waals surface area contributed by atoms with Gasteiger partial charge in [-0.15, -0.1) is 5.10 Å². The number of hydrogen-bond donors (Lipinski definition) is 3. The maximum absolute atomic E-state index is 11.8. The van der Waals surface area contributed by atoms with Crippen LogP contribution in [0.5, 0.6) is 0 Å². The van der Waals surface area contributed by atoms with Gasteiger partial charge in [0.05, 0.1) is 7.05 Å². The number of amides is 2. The van der Waals surface area contributed by atoms with Crippen LogP contribution in [-0.2, 0) is 11.8 Å². The molecule has 104 valence electrons. The average molecular weight is 268 g/mol. The number of carboxylic acid groups (broad SMARTS) is 1. The first kappa shape index (κ1) is 13.2. The average Bonchev–Trinajstić information content (AvgIpc) is 2.75. The van der Waals surface area contributed by atoms with E-state index < -0.39 is 17.5 Å². The maximum Gasteiger partial charge on any atom is 0.329 e. The van der Waals surface area contributed by atoms with Gasteiger partial charge < -0.3 is 10.4 Å². The molecule has 1 aromatic heterocycles. The van der Waals surface area contributed by atoms with Gasteiger partial charge in [0, 0.05) is 0 Å². The molecule has 1 aliphatic carbocycles. The van der Waals surface area contributed by atoms with E-state index in [1.54, 1.807) is 7.05 Å². The molecule has 9 heteroatoms. The molecule has 0 bridgehead atoms. The second-order valence-corrected chi connectivity index (χ2v) is 4.63. The Morgan fingerprint density at radius 1 is 1.32 bits per heavy atom. The number of aliphatic carboxylic acids is 1. The van der Waals surface area contributed by atoms with E-state index in [1.807, 2.05) is 0 Å². The fourth-order valence-electron chi connectivity index (χ4n) is 2.23. The molecule has 0 atom stereocenters. The molecule has 0 spiro atoms. The summed E-state index contributed by atoms with van der Waals surface area (Å²) >= 11 is 0. The highest BCUT2D eigenvalue weighted by Crippen LogP contribution is 2.28. The molecule has 1 heterocycles. The number of nitrogens with zero attached hydrogens (tertiary/aromatic N) is 4. The van der Waals surface area contributed by atoms with Gasteiger partial charge >= 0.3 is 12.0 Å². The summed E-state index contributed by atoms with van der Waals surface area (Å²) in [7, 11) is 1.57. The van der Waals surface area contributed by atoms with Crippen LogP contribution >= 0.6 is 0 Å². The lowest BCUT2D eigenvalue weighted by Crippen LogP contribution is -2.56. The van der Waals surface area contributed by atoms with Crippen LogP contribution in [0.1, 0.15) is 32.1 Å². The van der Waals surface area contributed by atoms with Crippen LogP contribution < -0.4 is 10.6 Å². The Morgan fingerprint density at radius 3 is 2.53 bits per heavy atom. The molecule has 3 N–H and O–H groups in total. The van der Waals surface area contributed by atoms with Crippen LogP contribution in [0.15, 0.2) is 0 Å². The first-order valence-corrected chi connectivity index (χ1v) is 6.08. The van der Waals surface area contributed by atoms with E-state index in [4.69, 9.17) is 0 Å². The van der Waals surface area contributed by atoms with Crippen molar-refractivity contribution >= 4 is 17.9 Å². The molecule has 2 rings (SSSR count). The van der Waals surface area contributed by atoms with Gasteiger partial charge in [0.15, 0.2) is 0 Å². The van der Waals surface area contributed by atoms with E-state index in [0.29, 0.717) is 12.8 Å². The second kappa shape index (κ2) is 5.21.